The fraction of sp³-hybridized carbons (Fsp3) is 0.818. The molecule has 2 N–H and O–H groups in total. The van der Waals surface area contributed by atoms with E-state index in [1.54, 1.807) is 11.8 Å². The van der Waals surface area contributed by atoms with Crippen molar-refractivity contribution in [3.8, 4) is 0 Å². The fourth-order valence-electron chi connectivity index (χ4n) is 1.73. The molecule has 0 unspecified atom stereocenters. The molecule has 0 atom stereocenters. The van der Waals surface area contributed by atoms with Gasteiger partial charge in [0, 0.05) is 31.6 Å². The second-order valence-corrected chi connectivity index (χ2v) is 8.92. The van der Waals surface area contributed by atoms with Gasteiger partial charge >= 0.3 is 8.80 Å². The van der Waals surface area contributed by atoms with Crippen LogP contribution >= 0.6 is 23.1 Å². The number of rotatable bonds is 11. The van der Waals surface area contributed by atoms with Crippen LogP contribution in [0.5, 0.6) is 0 Å². The van der Waals surface area contributed by atoms with Gasteiger partial charge < -0.3 is 19.0 Å². The van der Waals surface area contributed by atoms with Crippen LogP contribution in [-0.4, -0.2) is 44.6 Å². The Morgan fingerprint density at radius 1 is 1.10 bits per heavy atom. The molecule has 0 bridgehead atoms. The zero-order chi connectivity index (χ0) is 14.8. The molecule has 0 spiro atoms. The molecule has 9 heteroatoms. The first-order valence-corrected chi connectivity index (χ1v) is 10.5. The molecule has 1 heterocycles. The van der Waals surface area contributed by atoms with Crippen molar-refractivity contribution in [2.45, 2.75) is 37.6 Å². The van der Waals surface area contributed by atoms with Gasteiger partial charge in [-0.05, 0) is 27.2 Å². The van der Waals surface area contributed by atoms with Crippen LogP contribution in [0.3, 0.4) is 0 Å². The Labute approximate surface area is 129 Å². The third-order valence-electron chi connectivity index (χ3n) is 2.37. The predicted octanol–water partition coefficient (Wildman–Crippen LogP) is 2.65. The second kappa shape index (κ2) is 9.69. The van der Waals surface area contributed by atoms with Gasteiger partial charge in [0.2, 0.25) is 5.13 Å². The summed E-state index contributed by atoms with van der Waals surface area (Å²) >= 11 is 3.07. The third-order valence-corrected chi connectivity index (χ3v) is 7.49. The Kier molecular flexibility index (Phi) is 8.65. The summed E-state index contributed by atoms with van der Waals surface area (Å²) in [6.07, 6.45) is 0.955. The Hall–Kier alpha value is -0.193. The van der Waals surface area contributed by atoms with Gasteiger partial charge in [-0.25, -0.2) is 0 Å². The van der Waals surface area contributed by atoms with E-state index in [9.17, 15) is 0 Å². The molecule has 6 nitrogen and oxygen atoms in total. The van der Waals surface area contributed by atoms with Gasteiger partial charge in [0.1, 0.15) is 0 Å². The SMILES string of the molecule is CCO[Si](CCCSc1nnc(N)s1)(OCC)OCC. The van der Waals surface area contributed by atoms with E-state index in [0.717, 1.165) is 22.6 Å². The zero-order valence-electron chi connectivity index (χ0n) is 12.3. The highest BCUT2D eigenvalue weighted by Gasteiger charge is 2.39. The van der Waals surface area contributed by atoms with Crippen molar-refractivity contribution in [2.75, 3.05) is 31.3 Å². The summed E-state index contributed by atoms with van der Waals surface area (Å²) in [4.78, 5) is 0. The summed E-state index contributed by atoms with van der Waals surface area (Å²) in [5, 5.41) is 8.28. The minimum atomic E-state index is -2.50. The van der Waals surface area contributed by atoms with Crippen LogP contribution < -0.4 is 5.73 Å². The van der Waals surface area contributed by atoms with Crippen molar-refractivity contribution in [3.63, 3.8) is 0 Å². The van der Waals surface area contributed by atoms with Gasteiger partial charge in [0.05, 0.1) is 0 Å². The lowest BCUT2D eigenvalue weighted by Crippen LogP contribution is -2.46. The van der Waals surface area contributed by atoms with Crippen LogP contribution in [-0.2, 0) is 13.3 Å². The fourth-order valence-corrected chi connectivity index (χ4v) is 6.24. The van der Waals surface area contributed by atoms with Crippen LogP contribution in [0.15, 0.2) is 4.34 Å². The molecule has 1 rings (SSSR count). The van der Waals surface area contributed by atoms with Crippen LogP contribution in [0, 0.1) is 0 Å². The van der Waals surface area contributed by atoms with Gasteiger partial charge in [-0.1, -0.05) is 23.1 Å². The largest absolute Gasteiger partial charge is 0.500 e. The van der Waals surface area contributed by atoms with Crippen molar-refractivity contribution >= 4 is 37.0 Å². The van der Waals surface area contributed by atoms with Crippen molar-refractivity contribution in [2.24, 2.45) is 0 Å². The molecule has 0 aliphatic rings. The Bertz CT molecular complexity index is 365. The van der Waals surface area contributed by atoms with Crippen LogP contribution in [0.1, 0.15) is 27.2 Å². The minimum absolute atomic E-state index is 0.508. The number of nitrogens with two attached hydrogens (primary N) is 1. The molecule has 0 saturated carbocycles. The molecular formula is C11H23N3O3S2Si. The maximum Gasteiger partial charge on any atom is 0.500 e. The number of nitrogen functional groups attached to an aromatic ring is 1. The first kappa shape index (κ1) is 17.9. The molecule has 0 amide bonds. The van der Waals surface area contributed by atoms with E-state index in [4.69, 9.17) is 19.0 Å². The van der Waals surface area contributed by atoms with Crippen molar-refractivity contribution < 1.29 is 13.3 Å². The lowest BCUT2D eigenvalue weighted by molar-refractivity contribution is 0.0712. The average Bonchev–Trinajstić information content (AvgIpc) is 2.82. The molecule has 0 fully saturated rings. The van der Waals surface area contributed by atoms with Gasteiger partial charge in [-0.3, -0.25) is 0 Å². The first-order chi connectivity index (χ1) is 9.65. The van der Waals surface area contributed by atoms with Crippen LogP contribution in [0.2, 0.25) is 6.04 Å². The topological polar surface area (TPSA) is 79.5 Å². The standard InChI is InChI=1S/C11H23N3O3S2Si/c1-4-15-20(16-5-2,17-6-3)9-7-8-18-11-14-13-10(12)19-11/h4-9H2,1-3H3,(H2,12,13). The Morgan fingerprint density at radius 2 is 1.70 bits per heavy atom. The molecule has 0 radical (unpaired) electrons. The number of nitrogens with zero attached hydrogens (tertiary/aromatic N) is 2. The number of hydrogen-bond donors (Lipinski definition) is 1. The van der Waals surface area contributed by atoms with Gasteiger partial charge in [0.25, 0.3) is 0 Å². The second-order valence-electron chi connectivity index (χ2n) is 3.84. The molecule has 0 aromatic carbocycles. The quantitative estimate of drug-likeness (QED) is 0.378. The zero-order valence-corrected chi connectivity index (χ0v) is 14.9. The van der Waals surface area contributed by atoms with Crippen molar-refractivity contribution in [3.05, 3.63) is 0 Å². The van der Waals surface area contributed by atoms with E-state index >= 15 is 0 Å². The molecule has 116 valence electrons. The normalized spacial score (nSPS) is 11.9. The highest BCUT2D eigenvalue weighted by atomic mass is 32.2. The van der Waals surface area contributed by atoms with Gasteiger partial charge in [-0.15, -0.1) is 10.2 Å². The Morgan fingerprint density at radius 3 is 2.15 bits per heavy atom. The van der Waals surface area contributed by atoms with Crippen LogP contribution in [0.25, 0.3) is 0 Å². The van der Waals surface area contributed by atoms with Crippen LogP contribution in [0.4, 0.5) is 5.13 Å². The molecule has 0 saturated heterocycles. The van der Waals surface area contributed by atoms with E-state index in [2.05, 4.69) is 10.2 Å². The van der Waals surface area contributed by atoms with E-state index in [-0.39, 0.29) is 0 Å². The van der Waals surface area contributed by atoms with E-state index in [1.165, 1.54) is 11.3 Å². The molecule has 0 aliphatic heterocycles. The van der Waals surface area contributed by atoms with Gasteiger partial charge in [0.15, 0.2) is 4.34 Å². The minimum Gasteiger partial charge on any atom is -0.374 e. The third kappa shape index (κ3) is 6.06. The van der Waals surface area contributed by atoms with E-state index in [1.807, 2.05) is 20.8 Å². The van der Waals surface area contributed by atoms with E-state index in [0.29, 0.717) is 25.0 Å². The maximum absolute atomic E-state index is 5.81. The highest BCUT2D eigenvalue weighted by Crippen LogP contribution is 2.26. The summed E-state index contributed by atoms with van der Waals surface area (Å²) in [5.41, 5.74) is 5.55. The number of anilines is 1. The summed E-state index contributed by atoms with van der Waals surface area (Å²) in [5.74, 6) is 0.927. The lowest BCUT2D eigenvalue weighted by Gasteiger charge is -2.28. The van der Waals surface area contributed by atoms with Crippen molar-refractivity contribution in [1.82, 2.24) is 10.2 Å². The summed E-state index contributed by atoms with van der Waals surface area (Å²) < 4.78 is 18.3. The number of thioether (sulfide) groups is 1. The maximum atomic E-state index is 5.81. The first-order valence-electron chi connectivity index (χ1n) is 6.79. The molecule has 20 heavy (non-hydrogen) atoms. The smallest absolute Gasteiger partial charge is 0.374 e. The summed E-state index contributed by atoms with van der Waals surface area (Å²) in [6, 6.07) is 0.823. The molecule has 1 aromatic heterocycles. The van der Waals surface area contributed by atoms with Gasteiger partial charge in [-0.2, -0.15) is 0 Å². The monoisotopic (exact) mass is 337 g/mol. The number of hydrogen-bond acceptors (Lipinski definition) is 8. The van der Waals surface area contributed by atoms with Crippen molar-refractivity contribution in [1.29, 1.82) is 0 Å². The highest BCUT2D eigenvalue weighted by molar-refractivity contribution is 8.01. The molecule has 0 aliphatic carbocycles. The Balaban J connectivity index is 2.40. The summed E-state index contributed by atoms with van der Waals surface area (Å²) in [7, 11) is -2.50. The number of aromatic nitrogens is 2. The summed E-state index contributed by atoms with van der Waals surface area (Å²) in [6.45, 7) is 7.76. The van der Waals surface area contributed by atoms with E-state index < -0.39 is 8.80 Å². The lowest BCUT2D eigenvalue weighted by atomic mass is 10.6. The molecule has 1 aromatic rings. The predicted molar refractivity (Wildman–Crippen MR) is 85.1 cm³/mol. The molecular weight excluding hydrogens is 314 g/mol. The average molecular weight is 338 g/mol.